The lowest BCUT2D eigenvalue weighted by Gasteiger charge is -2.58. The Hall–Kier alpha value is 0. The topological polar surface area (TPSA) is 0 Å². The lowest BCUT2D eigenvalue weighted by molar-refractivity contribution is -0.0811. The Labute approximate surface area is 467 Å². The van der Waals surface area contributed by atoms with Crippen molar-refractivity contribution in [2.24, 2.45) is 121 Å². The molecule has 2 atom stereocenters. The highest BCUT2D eigenvalue weighted by Crippen LogP contribution is 2.61. The Balaban J connectivity index is 0.000000145. The third kappa shape index (κ3) is 18.5. The zero-order chi connectivity index (χ0) is 54.3. The number of hydrogen-bond donors (Lipinski definition) is 0. The fourth-order valence-corrected chi connectivity index (χ4v) is 20.1. The maximum Gasteiger partial charge on any atom is -0.0249 e. The minimum Gasteiger partial charge on any atom is -0.0599 e. The summed E-state index contributed by atoms with van der Waals surface area (Å²) >= 11 is 0. The van der Waals surface area contributed by atoms with E-state index in [2.05, 4.69) is 125 Å². The van der Waals surface area contributed by atoms with Gasteiger partial charge in [-0.15, -0.1) is 0 Å². The van der Waals surface area contributed by atoms with Gasteiger partial charge in [-0.05, 0) is 249 Å². The van der Waals surface area contributed by atoms with E-state index in [1.165, 1.54) is 186 Å². The van der Waals surface area contributed by atoms with Gasteiger partial charge in [0.05, 0.1) is 0 Å². The van der Waals surface area contributed by atoms with E-state index in [1.54, 1.807) is 38.5 Å². The predicted octanol–water partition coefficient (Wildman–Crippen LogP) is 24.6. The molecule has 0 N–H and O–H groups in total. The molecule has 0 nitrogen and oxygen atoms in total. The normalized spacial score (nSPS) is 37.5. The average Bonchev–Trinajstić information content (AvgIpc) is 4.10. The summed E-state index contributed by atoms with van der Waals surface area (Å²) in [5.74, 6) is 15.1. The molecule has 74 heavy (non-hydrogen) atoms. The van der Waals surface area contributed by atoms with Crippen LogP contribution in [0.25, 0.3) is 0 Å². The SMILES string of the molecule is CC(C)(C)C12CCC(CC1)CC2.CC(C)(C)C1C2CC3CC(C2)CC1C3.CC(C)(C)C1C2CCCC1CCC2.CC(C)(C)C1CCC2CC2CC1.CC(C)(C)C1CCCCCC1.CC(C)(C)C1CCCCCCC1. The minimum absolute atomic E-state index is 0.553. The molecule has 0 aromatic carbocycles. The molecule has 434 valence electrons. The monoisotopic (exact) mass is 1030 g/mol. The third-order valence-corrected chi connectivity index (χ3v) is 24.7. The van der Waals surface area contributed by atoms with Gasteiger partial charge in [0, 0.05) is 0 Å². The van der Waals surface area contributed by atoms with Crippen molar-refractivity contribution < 1.29 is 0 Å². The first-order valence-electron chi connectivity index (χ1n) is 34.4. The van der Waals surface area contributed by atoms with Gasteiger partial charge < -0.3 is 0 Å². The highest BCUT2D eigenvalue weighted by molar-refractivity contribution is 5.02. The number of hydrogen-bond acceptors (Lipinski definition) is 0. The average molecular weight is 1030 g/mol. The molecule has 0 radical (unpaired) electrons. The Morgan fingerprint density at radius 2 is 0.541 bits per heavy atom. The molecule has 8 bridgehead atoms. The van der Waals surface area contributed by atoms with Gasteiger partial charge >= 0.3 is 0 Å². The molecular weight excluding hydrogens is 889 g/mol. The van der Waals surface area contributed by atoms with Gasteiger partial charge in [0.15, 0.2) is 0 Å². The van der Waals surface area contributed by atoms with Gasteiger partial charge in [0.1, 0.15) is 0 Å². The molecule has 13 rings (SSSR count). The first-order chi connectivity index (χ1) is 34.4. The molecule has 0 saturated heterocycles. The molecule has 0 heteroatoms. The fraction of sp³-hybridized carbons (Fsp3) is 1.00. The maximum absolute atomic E-state index is 2.47. The van der Waals surface area contributed by atoms with Gasteiger partial charge in [-0.25, -0.2) is 0 Å². The van der Waals surface area contributed by atoms with Crippen LogP contribution >= 0.6 is 0 Å². The summed E-state index contributed by atoms with van der Waals surface area (Å²) in [6.45, 7) is 43.7. The highest BCUT2D eigenvalue weighted by Gasteiger charge is 2.52. The first kappa shape index (κ1) is 63.2. The second kappa shape index (κ2) is 26.7. The molecule has 0 spiro atoms. The number of fused-ring (bicyclic) bond motifs is 6. The van der Waals surface area contributed by atoms with Gasteiger partial charge in [0.2, 0.25) is 0 Å². The van der Waals surface area contributed by atoms with Crippen LogP contribution in [0.4, 0.5) is 0 Å². The van der Waals surface area contributed by atoms with Crippen LogP contribution in [0.1, 0.15) is 349 Å². The molecule has 2 unspecified atom stereocenters. The van der Waals surface area contributed by atoms with E-state index >= 15 is 0 Å². The van der Waals surface area contributed by atoms with Crippen LogP contribution in [0.15, 0.2) is 0 Å². The molecule has 0 aromatic heterocycles. The molecule has 13 aliphatic rings. The zero-order valence-corrected chi connectivity index (χ0v) is 54.3. The largest absolute Gasteiger partial charge is 0.0599 e. The summed E-state index contributed by atoms with van der Waals surface area (Å²) in [6.07, 6.45) is 53.0. The molecule has 0 heterocycles. The van der Waals surface area contributed by atoms with Gasteiger partial charge in [0.25, 0.3) is 0 Å². The Kier molecular flexibility index (Phi) is 22.8. The standard InChI is InChI=1S/C14H24.C13H24.2C12H22.C12H24.C11H22/c1-14(2,3)13-11-5-9-4-10(7-11)8-12(13)6-9;1-13(2,3)12-10-6-4-7-11(12)9-5-8-10;1-11(2,3)12-7-4-10(5-8-12)6-9-12;1-12(2,3)11-6-4-9-8-10(9)5-7-11;1-12(2,3)11-9-7-5-4-6-8-10-11;1-11(2,3)10-8-6-4-5-7-9-10/h9-13H,4-8H2,1-3H3;10-12H,4-9H2,1-3H3;10H,4-9H2,1-3H3;9-11H,4-8H2,1-3H3;11H,4-10H2,1-3H3;10H,4-9H2,1-3H3. The van der Waals surface area contributed by atoms with Gasteiger partial charge in [-0.2, -0.15) is 0 Å². The van der Waals surface area contributed by atoms with Crippen LogP contribution in [0.3, 0.4) is 0 Å². The molecule has 13 fully saturated rings. The second-order valence-electron chi connectivity index (χ2n) is 36.0. The molecule has 0 amide bonds. The summed E-state index contributed by atoms with van der Waals surface area (Å²) in [7, 11) is 0. The van der Waals surface area contributed by atoms with E-state index in [4.69, 9.17) is 0 Å². The van der Waals surface area contributed by atoms with Crippen molar-refractivity contribution in [3.8, 4) is 0 Å². The predicted molar refractivity (Wildman–Crippen MR) is 330 cm³/mol. The summed E-state index contributed by atoms with van der Waals surface area (Å²) in [4.78, 5) is 0. The molecule has 13 aliphatic carbocycles. The van der Waals surface area contributed by atoms with Crippen molar-refractivity contribution in [1.29, 1.82) is 0 Å². The minimum atomic E-state index is 0.553. The smallest absolute Gasteiger partial charge is 0.0249 e. The Morgan fingerprint density at radius 3 is 0.824 bits per heavy atom. The van der Waals surface area contributed by atoms with Crippen LogP contribution in [0.5, 0.6) is 0 Å². The van der Waals surface area contributed by atoms with Crippen molar-refractivity contribution in [3.63, 3.8) is 0 Å². The lowest BCUT2D eigenvalue weighted by atomic mass is 9.47. The van der Waals surface area contributed by atoms with Crippen molar-refractivity contribution in [2.45, 2.75) is 349 Å². The van der Waals surface area contributed by atoms with Crippen molar-refractivity contribution in [2.75, 3.05) is 0 Å². The van der Waals surface area contributed by atoms with Gasteiger partial charge in [-0.1, -0.05) is 221 Å². The van der Waals surface area contributed by atoms with E-state index in [-0.39, 0.29) is 0 Å². The van der Waals surface area contributed by atoms with Gasteiger partial charge in [-0.3, -0.25) is 0 Å². The van der Waals surface area contributed by atoms with E-state index in [0.717, 1.165) is 88.3 Å². The summed E-state index contributed by atoms with van der Waals surface area (Å²) < 4.78 is 0. The van der Waals surface area contributed by atoms with E-state index < -0.39 is 0 Å². The Morgan fingerprint density at radius 1 is 0.230 bits per heavy atom. The lowest BCUT2D eigenvalue weighted by Crippen LogP contribution is -2.49. The Bertz CT molecular complexity index is 1470. The quantitative estimate of drug-likeness (QED) is 0.212. The van der Waals surface area contributed by atoms with Crippen LogP contribution in [0, 0.1) is 121 Å². The van der Waals surface area contributed by atoms with Crippen LogP contribution in [-0.4, -0.2) is 0 Å². The molecule has 0 aliphatic heterocycles. The second-order valence-corrected chi connectivity index (χ2v) is 36.0. The van der Waals surface area contributed by atoms with E-state index in [1.807, 2.05) is 0 Å². The fourth-order valence-electron chi connectivity index (χ4n) is 20.1. The van der Waals surface area contributed by atoms with E-state index in [9.17, 15) is 0 Å². The van der Waals surface area contributed by atoms with Crippen LogP contribution < -0.4 is 0 Å². The maximum atomic E-state index is 2.47. The van der Waals surface area contributed by atoms with E-state index in [0.29, 0.717) is 32.5 Å². The summed E-state index contributed by atoms with van der Waals surface area (Å²) in [5, 5.41) is 0. The molecule has 0 aromatic rings. The first-order valence-corrected chi connectivity index (χ1v) is 34.4. The summed E-state index contributed by atoms with van der Waals surface area (Å²) in [5.41, 5.74) is 4.09. The zero-order valence-electron chi connectivity index (χ0n) is 54.3. The van der Waals surface area contributed by atoms with Crippen LogP contribution in [0.2, 0.25) is 0 Å². The van der Waals surface area contributed by atoms with Crippen LogP contribution in [-0.2, 0) is 0 Å². The molecule has 13 saturated carbocycles. The third-order valence-electron chi connectivity index (χ3n) is 24.7. The highest BCUT2D eigenvalue weighted by atomic mass is 14.6. The number of rotatable bonds is 0. The van der Waals surface area contributed by atoms with Crippen molar-refractivity contribution in [1.82, 2.24) is 0 Å². The van der Waals surface area contributed by atoms with Crippen molar-refractivity contribution in [3.05, 3.63) is 0 Å². The van der Waals surface area contributed by atoms with Crippen molar-refractivity contribution >= 4 is 0 Å². The molecular formula is C74H138. The summed E-state index contributed by atoms with van der Waals surface area (Å²) in [6, 6.07) is 0.